The topological polar surface area (TPSA) is 45.6 Å². The number of hydrogen-bond acceptors (Lipinski definition) is 5. The lowest BCUT2D eigenvalue weighted by atomic mass is 10.2. The van der Waals surface area contributed by atoms with Gasteiger partial charge in [-0.15, -0.1) is 11.3 Å². The Morgan fingerprint density at radius 1 is 1.35 bits per heavy atom. The summed E-state index contributed by atoms with van der Waals surface area (Å²) in [7, 11) is 2.04. The molecule has 4 nitrogen and oxygen atoms in total. The lowest BCUT2D eigenvalue weighted by Gasteiger charge is -2.26. The molecule has 0 aromatic carbocycles. The molecule has 20 heavy (non-hydrogen) atoms. The summed E-state index contributed by atoms with van der Waals surface area (Å²) < 4.78 is 5.45. The summed E-state index contributed by atoms with van der Waals surface area (Å²) in [6, 6.07) is 0.265. The molecule has 0 radical (unpaired) electrons. The van der Waals surface area contributed by atoms with E-state index in [0.29, 0.717) is 13.2 Å². The zero-order valence-corrected chi connectivity index (χ0v) is 14.3. The molecule has 0 spiro atoms. The van der Waals surface area contributed by atoms with Crippen LogP contribution in [0, 0.1) is 6.92 Å². The predicted octanol–water partition coefficient (Wildman–Crippen LogP) is 2.79. The van der Waals surface area contributed by atoms with Crippen LogP contribution in [0.15, 0.2) is 0 Å². The highest BCUT2D eigenvalue weighted by Crippen LogP contribution is 2.28. The summed E-state index contributed by atoms with van der Waals surface area (Å²) in [4.78, 5) is 8.03. The molecule has 0 aliphatic heterocycles. The summed E-state index contributed by atoms with van der Waals surface area (Å²) in [5.74, 6) is 0. The van der Waals surface area contributed by atoms with Crippen molar-refractivity contribution in [1.82, 2.24) is 9.88 Å². The van der Waals surface area contributed by atoms with Gasteiger partial charge < -0.3 is 9.84 Å². The molecule has 0 saturated heterocycles. The van der Waals surface area contributed by atoms with Gasteiger partial charge in [0.25, 0.3) is 0 Å². The van der Waals surface area contributed by atoms with E-state index in [1.54, 1.807) is 11.3 Å². The number of hydrogen-bond donors (Lipinski definition) is 1. The van der Waals surface area contributed by atoms with Crippen molar-refractivity contribution in [2.24, 2.45) is 0 Å². The number of rotatable bonds is 8. The van der Waals surface area contributed by atoms with E-state index in [0.717, 1.165) is 12.1 Å². The second kappa shape index (κ2) is 8.08. The first kappa shape index (κ1) is 17.6. The Balaban J connectivity index is 2.57. The number of ether oxygens (including phenoxy) is 1. The van der Waals surface area contributed by atoms with Gasteiger partial charge in [-0.05, 0) is 41.2 Å². The Bertz CT molecular complexity index is 407. The highest BCUT2D eigenvalue weighted by atomic mass is 32.1. The van der Waals surface area contributed by atoms with Crippen molar-refractivity contribution in [3.63, 3.8) is 0 Å². The van der Waals surface area contributed by atoms with Crippen molar-refractivity contribution in [3.05, 3.63) is 15.6 Å². The number of aliphatic hydroxyl groups excluding tert-OH is 1. The van der Waals surface area contributed by atoms with Crippen molar-refractivity contribution in [1.29, 1.82) is 0 Å². The summed E-state index contributed by atoms with van der Waals surface area (Å²) in [5, 5.41) is 11.2. The molecular weight excluding hydrogens is 272 g/mol. The average molecular weight is 300 g/mol. The molecule has 1 heterocycles. The van der Waals surface area contributed by atoms with E-state index >= 15 is 0 Å². The second-order valence-corrected chi connectivity index (χ2v) is 6.68. The van der Waals surface area contributed by atoms with Gasteiger partial charge in [-0.25, -0.2) is 4.98 Å². The highest BCUT2D eigenvalue weighted by molar-refractivity contribution is 7.11. The van der Waals surface area contributed by atoms with Crippen LogP contribution in [-0.4, -0.2) is 47.4 Å². The summed E-state index contributed by atoms with van der Waals surface area (Å²) in [6.07, 6.45) is 0.680. The van der Waals surface area contributed by atoms with E-state index in [2.05, 4.69) is 30.7 Å². The van der Waals surface area contributed by atoms with E-state index in [4.69, 9.17) is 4.74 Å². The van der Waals surface area contributed by atoms with Crippen LogP contribution in [-0.2, 0) is 11.2 Å². The molecule has 0 amide bonds. The molecular formula is C15H28N2O2S. The fraction of sp³-hybridized carbons (Fsp3) is 0.800. The number of aliphatic hydroxyl groups is 1. The Hall–Kier alpha value is -0.490. The molecule has 1 rings (SSSR count). The third-order valence-corrected chi connectivity index (χ3v) is 4.81. The predicted molar refractivity (Wildman–Crippen MR) is 84.4 cm³/mol. The SMILES string of the molecule is CCc1nc(C)c(C(C)N(C)CC(O)COC(C)C)s1. The van der Waals surface area contributed by atoms with Crippen molar-refractivity contribution in [2.75, 3.05) is 20.2 Å². The van der Waals surface area contributed by atoms with Gasteiger partial charge in [0.15, 0.2) is 0 Å². The molecule has 0 aliphatic carbocycles. The molecule has 2 atom stereocenters. The standard InChI is InChI=1S/C15H28N2O2S/c1-7-14-16-11(4)15(20-14)12(5)17(6)8-13(18)9-19-10(2)3/h10,12-13,18H,7-9H2,1-6H3. The molecule has 0 aliphatic rings. The van der Waals surface area contributed by atoms with Crippen LogP contribution in [0.3, 0.4) is 0 Å². The third-order valence-electron chi connectivity index (χ3n) is 3.34. The zero-order valence-electron chi connectivity index (χ0n) is 13.5. The number of thiazole rings is 1. The molecule has 0 saturated carbocycles. The first-order valence-electron chi connectivity index (χ1n) is 7.31. The van der Waals surface area contributed by atoms with Gasteiger partial charge in [-0.2, -0.15) is 0 Å². The van der Waals surface area contributed by atoms with E-state index in [1.165, 1.54) is 9.88 Å². The van der Waals surface area contributed by atoms with Gasteiger partial charge in [0.1, 0.15) is 0 Å². The number of nitrogens with zero attached hydrogens (tertiary/aromatic N) is 2. The lowest BCUT2D eigenvalue weighted by Crippen LogP contribution is -2.34. The Morgan fingerprint density at radius 2 is 2.00 bits per heavy atom. The molecule has 116 valence electrons. The van der Waals surface area contributed by atoms with Gasteiger partial charge >= 0.3 is 0 Å². The summed E-state index contributed by atoms with van der Waals surface area (Å²) in [6.45, 7) is 11.3. The normalized spacial score (nSPS) is 15.1. The number of likely N-dealkylation sites (N-methyl/N-ethyl adjacent to an activating group) is 1. The molecule has 1 N–H and O–H groups in total. The Morgan fingerprint density at radius 3 is 2.50 bits per heavy atom. The molecule has 0 fully saturated rings. The van der Waals surface area contributed by atoms with E-state index < -0.39 is 6.10 Å². The number of aryl methyl sites for hydroxylation is 2. The largest absolute Gasteiger partial charge is 0.389 e. The van der Waals surface area contributed by atoms with E-state index in [-0.39, 0.29) is 12.1 Å². The average Bonchev–Trinajstić information content (AvgIpc) is 2.76. The van der Waals surface area contributed by atoms with Crippen molar-refractivity contribution < 1.29 is 9.84 Å². The highest BCUT2D eigenvalue weighted by Gasteiger charge is 2.20. The van der Waals surface area contributed by atoms with Crippen LogP contribution in [0.2, 0.25) is 0 Å². The zero-order chi connectivity index (χ0) is 15.3. The summed E-state index contributed by atoms with van der Waals surface area (Å²) >= 11 is 1.78. The third kappa shape index (κ3) is 5.13. The second-order valence-electron chi connectivity index (χ2n) is 5.56. The quantitative estimate of drug-likeness (QED) is 0.802. The monoisotopic (exact) mass is 300 g/mol. The van der Waals surface area contributed by atoms with Gasteiger partial charge in [-0.3, -0.25) is 4.90 Å². The fourth-order valence-corrected chi connectivity index (χ4v) is 3.18. The van der Waals surface area contributed by atoms with E-state index in [1.807, 2.05) is 20.9 Å². The van der Waals surface area contributed by atoms with Crippen molar-refractivity contribution in [3.8, 4) is 0 Å². The smallest absolute Gasteiger partial charge is 0.0928 e. The van der Waals surface area contributed by atoms with Crippen LogP contribution in [0.1, 0.15) is 49.3 Å². The minimum absolute atomic E-state index is 0.156. The lowest BCUT2D eigenvalue weighted by molar-refractivity contribution is -0.00937. The van der Waals surface area contributed by atoms with Crippen molar-refractivity contribution >= 4 is 11.3 Å². The van der Waals surface area contributed by atoms with Gasteiger partial charge in [-0.1, -0.05) is 6.92 Å². The molecule has 2 unspecified atom stereocenters. The molecule has 1 aromatic rings. The van der Waals surface area contributed by atoms with Crippen LogP contribution in [0.5, 0.6) is 0 Å². The maximum absolute atomic E-state index is 10.0. The minimum atomic E-state index is -0.455. The minimum Gasteiger partial charge on any atom is -0.389 e. The van der Waals surface area contributed by atoms with Gasteiger partial charge in [0, 0.05) is 17.5 Å². The van der Waals surface area contributed by atoms with Crippen LogP contribution in [0.4, 0.5) is 0 Å². The van der Waals surface area contributed by atoms with E-state index in [9.17, 15) is 5.11 Å². The number of aromatic nitrogens is 1. The van der Waals surface area contributed by atoms with Crippen LogP contribution in [0.25, 0.3) is 0 Å². The molecule has 5 heteroatoms. The first-order valence-corrected chi connectivity index (χ1v) is 8.12. The maximum Gasteiger partial charge on any atom is 0.0928 e. The Kier molecular flexibility index (Phi) is 7.09. The Labute approximate surface area is 126 Å². The molecule has 0 bridgehead atoms. The van der Waals surface area contributed by atoms with Gasteiger partial charge in [0.2, 0.25) is 0 Å². The first-order chi connectivity index (χ1) is 9.35. The molecule has 1 aromatic heterocycles. The summed E-state index contributed by atoms with van der Waals surface area (Å²) in [5.41, 5.74) is 1.11. The van der Waals surface area contributed by atoms with Crippen molar-refractivity contribution in [2.45, 2.75) is 59.3 Å². The van der Waals surface area contributed by atoms with Crippen LogP contribution < -0.4 is 0 Å². The fourth-order valence-electron chi connectivity index (χ4n) is 2.05. The maximum atomic E-state index is 10.0. The van der Waals surface area contributed by atoms with Crippen LogP contribution >= 0.6 is 11.3 Å². The van der Waals surface area contributed by atoms with Gasteiger partial charge in [0.05, 0.1) is 29.5 Å².